The zero-order chi connectivity index (χ0) is 12.3. The summed E-state index contributed by atoms with van der Waals surface area (Å²) in [6.45, 7) is 1.99. The third-order valence-electron chi connectivity index (χ3n) is 3.52. The molecule has 0 aromatic carbocycles. The summed E-state index contributed by atoms with van der Waals surface area (Å²) >= 11 is 0. The van der Waals surface area contributed by atoms with Crippen molar-refractivity contribution in [1.82, 2.24) is 10.2 Å². The number of nitrogens with two attached hydrogens (primary N) is 1. The van der Waals surface area contributed by atoms with Crippen LogP contribution >= 0.6 is 0 Å². The van der Waals surface area contributed by atoms with Crippen LogP contribution in [-0.4, -0.2) is 43.4 Å². The van der Waals surface area contributed by atoms with E-state index in [9.17, 15) is 9.59 Å². The van der Waals surface area contributed by atoms with Crippen LogP contribution in [0.3, 0.4) is 0 Å². The van der Waals surface area contributed by atoms with Gasteiger partial charge in [-0.3, -0.25) is 9.59 Å². The molecule has 3 N–H and O–H groups in total. The van der Waals surface area contributed by atoms with Crippen LogP contribution in [-0.2, 0) is 9.59 Å². The van der Waals surface area contributed by atoms with Gasteiger partial charge in [-0.15, -0.1) is 0 Å². The molecule has 1 fully saturated rings. The van der Waals surface area contributed by atoms with Crippen LogP contribution < -0.4 is 11.1 Å². The fourth-order valence-electron chi connectivity index (χ4n) is 2.26. The Balaban J connectivity index is 2.66. The maximum atomic E-state index is 12.2. The first kappa shape index (κ1) is 13.0. The minimum Gasteiger partial charge on any atom is -0.358 e. The Labute approximate surface area is 96.4 Å². The van der Waals surface area contributed by atoms with Gasteiger partial charge in [0.05, 0.1) is 12.0 Å². The Bertz CT molecular complexity index is 293. The molecule has 1 aliphatic rings. The van der Waals surface area contributed by atoms with Crippen molar-refractivity contribution in [2.45, 2.75) is 32.2 Å². The fraction of sp³-hybridized carbons (Fsp3) is 0.818. The van der Waals surface area contributed by atoms with Gasteiger partial charge in [0.15, 0.2) is 0 Å². The molecule has 1 aliphatic carbocycles. The predicted molar refractivity (Wildman–Crippen MR) is 61.6 cm³/mol. The number of carbonyl (C=O) groups is 2. The van der Waals surface area contributed by atoms with E-state index < -0.39 is 5.41 Å². The van der Waals surface area contributed by atoms with Crippen LogP contribution in [0.2, 0.25) is 0 Å². The minimum atomic E-state index is -0.497. The summed E-state index contributed by atoms with van der Waals surface area (Å²) in [5, 5.41) is 2.50. The summed E-state index contributed by atoms with van der Waals surface area (Å²) in [5.74, 6) is -0.188. The van der Waals surface area contributed by atoms with Crippen LogP contribution in [0.15, 0.2) is 0 Å². The van der Waals surface area contributed by atoms with Gasteiger partial charge >= 0.3 is 0 Å². The molecule has 5 nitrogen and oxygen atoms in total. The van der Waals surface area contributed by atoms with Crippen molar-refractivity contribution in [3.8, 4) is 0 Å². The van der Waals surface area contributed by atoms with Crippen molar-refractivity contribution in [1.29, 1.82) is 0 Å². The lowest BCUT2D eigenvalue weighted by atomic mass is 9.83. The molecule has 92 valence electrons. The number of hydrogen-bond acceptors (Lipinski definition) is 3. The monoisotopic (exact) mass is 227 g/mol. The highest BCUT2D eigenvalue weighted by molar-refractivity contribution is 5.88. The topological polar surface area (TPSA) is 75.4 Å². The van der Waals surface area contributed by atoms with Crippen molar-refractivity contribution in [2.75, 3.05) is 20.6 Å². The summed E-state index contributed by atoms with van der Waals surface area (Å²) in [6.07, 6.45) is 2.68. The summed E-state index contributed by atoms with van der Waals surface area (Å²) in [6, 6.07) is -0.0906. The molecule has 0 aromatic heterocycles. The standard InChI is InChI=1S/C11H21N3O2/c1-11(6-4-5-8(11)12)10(16)14(3)7-9(15)13-2/h8H,4-7,12H2,1-3H3,(H,13,15). The quantitative estimate of drug-likeness (QED) is 0.695. The molecule has 2 atom stereocenters. The highest BCUT2D eigenvalue weighted by Crippen LogP contribution is 2.38. The largest absolute Gasteiger partial charge is 0.358 e. The molecule has 2 unspecified atom stereocenters. The van der Waals surface area contributed by atoms with Gasteiger partial charge in [-0.05, 0) is 19.8 Å². The number of rotatable bonds is 3. The van der Waals surface area contributed by atoms with Crippen LogP contribution in [0.1, 0.15) is 26.2 Å². The maximum absolute atomic E-state index is 12.2. The van der Waals surface area contributed by atoms with Crippen molar-refractivity contribution in [2.24, 2.45) is 11.1 Å². The third kappa shape index (κ3) is 2.35. The van der Waals surface area contributed by atoms with Gasteiger partial charge in [-0.2, -0.15) is 0 Å². The molecule has 0 aliphatic heterocycles. The van der Waals surface area contributed by atoms with Crippen molar-refractivity contribution >= 4 is 11.8 Å². The summed E-state index contributed by atoms with van der Waals surface area (Å²) in [7, 11) is 3.21. The van der Waals surface area contributed by atoms with Crippen LogP contribution in [0.25, 0.3) is 0 Å². The summed E-state index contributed by atoms with van der Waals surface area (Å²) < 4.78 is 0. The second-order valence-corrected chi connectivity index (χ2v) is 4.75. The number of nitrogens with one attached hydrogen (secondary N) is 1. The zero-order valence-electron chi connectivity index (χ0n) is 10.2. The average molecular weight is 227 g/mol. The molecule has 0 saturated heterocycles. The van der Waals surface area contributed by atoms with E-state index in [0.29, 0.717) is 0 Å². The Morgan fingerprint density at radius 1 is 1.56 bits per heavy atom. The Hall–Kier alpha value is -1.10. The smallest absolute Gasteiger partial charge is 0.239 e. The first-order chi connectivity index (χ1) is 7.41. The van der Waals surface area contributed by atoms with Gasteiger partial charge in [0.25, 0.3) is 0 Å². The molecule has 0 bridgehead atoms. The molecule has 5 heteroatoms. The molecular weight excluding hydrogens is 206 g/mol. The van der Waals surface area contributed by atoms with Crippen LogP contribution in [0, 0.1) is 5.41 Å². The molecule has 2 amide bonds. The van der Waals surface area contributed by atoms with Gasteiger partial charge in [0, 0.05) is 20.1 Å². The number of likely N-dealkylation sites (N-methyl/N-ethyl adjacent to an activating group) is 2. The summed E-state index contributed by atoms with van der Waals surface area (Å²) in [4.78, 5) is 24.8. The van der Waals surface area contributed by atoms with Crippen LogP contribution in [0.4, 0.5) is 0 Å². The molecule has 1 saturated carbocycles. The van der Waals surface area contributed by atoms with Gasteiger partial charge < -0.3 is 16.0 Å². The van der Waals surface area contributed by atoms with E-state index in [1.165, 1.54) is 4.90 Å². The van der Waals surface area contributed by atoms with E-state index in [-0.39, 0.29) is 24.4 Å². The van der Waals surface area contributed by atoms with Gasteiger partial charge in [-0.1, -0.05) is 6.42 Å². The van der Waals surface area contributed by atoms with Gasteiger partial charge in [0.1, 0.15) is 0 Å². The van der Waals surface area contributed by atoms with Gasteiger partial charge in [-0.25, -0.2) is 0 Å². The second kappa shape index (κ2) is 4.82. The summed E-state index contributed by atoms with van der Waals surface area (Å²) in [5.41, 5.74) is 5.47. The highest BCUT2D eigenvalue weighted by atomic mass is 16.2. The number of nitrogens with zero attached hydrogens (tertiary/aromatic N) is 1. The van der Waals surface area contributed by atoms with E-state index in [0.717, 1.165) is 19.3 Å². The van der Waals surface area contributed by atoms with Gasteiger partial charge in [0.2, 0.25) is 11.8 Å². The highest BCUT2D eigenvalue weighted by Gasteiger charge is 2.44. The number of hydrogen-bond donors (Lipinski definition) is 2. The van der Waals surface area contributed by atoms with Crippen molar-refractivity contribution < 1.29 is 9.59 Å². The average Bonchev–Trinajstić information content (AvgIpc) is 2.59. The first-order valence-electron chi connectivity index (χ1n) is 5.63. The van der Waals surface area contributed by atoms with Crippen molar-refractivity contribution in [3.05, 3.63) is 0 Å². The number of carbonyl (C=O) groups excluding carboxylic acids is 2. The predicted octanol–water partition coefficient (Wildman–Crippen LogP) is -0.292. The Morgan fingerprint density at radius 2 is 2.19 bits per heavy atom. The SMILES string of the molecule is CNC(=O)CN(C)C(=O)C1(C)CCCC1N. The lowest BCUT2D eigenvalue weighted by molar-refractivity contribution is -0.143. The molecule has 0 spiro atoms. The first-order valence-corrected chi connectivity index (χ1v) is 5.63. The third-order valence-corrected chi connectivity index (χ3v) is 3.52. The molecule has 0 heterocycles. The zero-order valence-corrected chi connectivity index (χ0v) is 10.2. The number of amides is 2. The lowest BCUT2D eigenvalue weighted by Gasteiger charge is -2.32. The fourth-order valence-corrected chi connectivity index (χ4v) is 2.26. The molecule has 0 radical (unpaired) electrons. The molecular formula is C11H21N3O2. The second-order valence-electron chi connectivity index (χ2n) is 4.75. The van der Waals surface area contributed by atoms with E-state index in [1.54, 1.807) is 14.1 Å². The van der Waals surface area contributed by atoms with Crippen LogP contribution in [0.5, 0.6) is 0 Å². The lowest BCUT2D eigenvalue weighted by Crippen LogP contribution is -2.50. The van der Waals surface area contributed by atoms with E-state index in [2.05, 4.69) is 5.32 Å². The maximum Gasteiger partial charge on any atom is 0.239 e. The van der Waals surface area contributed by atoms with E-state index in [1.807, 2.05) is 6.92 Å². The molecule has 1 rings (SSSR count). The Kier molecular flexibility index (Phi) is 3.91. The normalized spacial score (nSPS) is 28.9. The Morgan fingerprint density at radius 3 is 2.62 bits per heavy atom. The molecule has 16 heavy (non-hydrogen) atoms. The minimum absolute atomic E-state index is 0.0268. The van der Waals surface area contributed by atoms with Crippen molar-refractivity contribution in [3.63, 3.8) is 0 Å². The van der Waals surface area contributed by atoms with E-state index >= 15 is 0 Å². The van der Waals surface area contributed by atoms with E-state index in [4.69, 9.17) is 5.73 Å². The molecule has 0 aromatic rings.